The number of anilines is 3. The standard InChI is InChI=1S/C30H31ClN6O2.C2HF3O2/c1-20-17-36(18-21(2)33-20)27-16-32-37(29(38)28(27)31)19-22-8-12-25(13-9-22)34-30(39)35-26-14-10-24(11-15-26)23-6-4-3-5-7-23;3-2(4,5)1(6)7/h3-16,20-21,33H,17-19H2,1-2H3,(H2,34,35,39);(H,6,7). The van der Waals surface area contributed by atoms with Gasteiger partial charge < -0.3 is 26.0 Å². The van der Waals surface area contributed by atoms with Crippen LogP contribution in [-0.4, -0.2) is 58.2 Å². The van der Waals surface area contributed by atoms with Crippen molar-refractivity contribution in [1.82, 2.24) is 15.1 Å². The Kier molecular flexibility index (Phi) is 11.0. The summed E-state index contributed by atoms with van der Waals surface area (Å²) in [5.41, 5.74) is 4.72. The summed E-state index contributed by atoms with van der Waals surface area (Å²) in [4.78, 5) is 36.4. The number of aliphatic carboxylic acids is 1. The molecule has 1 aromatic heterocycles. The number of rotatable bonds is 6. The topological polar surface area (TPSA) is 129 Å². The fourth-order valence-electron chi connectivity index (χ4n) is 4.85. The number of nitrogens with one attached hydrogen (secondary N) is 3. The molecule has 4 N–H and O–H groups in total. The third-order valence-corrected chi connectivity index (χ3v) is 7.26. The molecule has 10 nitrogen and oxygen atoms in total. The first-order valence-electron chi connectivity index (χ1n) is 14.2. The van der Waals surface area contributed by atoms with Gasteiger partial charge in [0.05, 0.1) is 18.4 Å². The zero-order valence-corrected chi connectivity index (χ0v) is 25.6. The molecular formula is C32H32ClF3N6O4. The van der Waals surface area contributed by atoms with Crippen LogP contribution in [0.5, 0.6) is 0 Å². The lowest BCUT2D eigenvalue weighted by Crippen LogP contribution is -2.54. The fraction of sp³-hybridized carbons (Fsp3) is 0.250. The van der Waals surface area contributed by atoms with Crippen molar-refractivity contribution in [3.05, 3.63) is 106 Å². The Morgan fingerprint density at radius 1 is 0.913 bits per heavy atom. The van der Waals surface area contributed by atoms with Crippen LogP contribution in [0.1, 0.15) is 19.4 Å². The normalized spacial score (nSPS) is 16.2. The van der Waals surface area contributed by atoms with Crippen LogP contribution in [0.2, 0.25) is 5.02 Å². The van der Waals surface area contributed by atoms with Crippen molar-refractivity contribution in [2.75, 3.05) is 28.6 Å². The van der Waals surface area contributed by atoms with Crippen molar-refractivity contribution in [1.29, 1.82) is 0 Å². The maximum Gasteiger partial charge on any atom is 0.490 e. The molecule has 2 atom stereocenters. The van der Waals surface area contributed by atoms with Gasteiger partial charge in [-0.2, -0.15) is 18.3 Å². The number of carboxylic acid groups (broad SMARTS) is 1. The number of amides is 2. The smallest absolute Gasteiger partial charge is 0.475 e. The minimum atomic E-state index is -5.08. The monoisotopic (exact) mass is 656 g/mol. The lowest BCUT2D eigenvalue weighted by atomic mass is 10.1. The van der Waals surface area contributed by atoms with E-state index in [1.54, 1.807) is 18.3 Å². The Morgan fingerprint density at radius 2 is 1.41 bits per heavy atom. The number of halogens is 4. The summed E-state index contributed by atoms with van der Waals surface area (Å²) in [7, 11) is 0. The Labute approximate surface area is 267 Å². The molecule has 0 aliphatic carbocycles. The molecule has 2 heterocycles. The number of alkyl halides is 3. The molecule has 46 heavy (non-hydrogen) atoms. The summed E-state index contributed by atoms with van der Waals surface area (Å²) in [5.74, 6) is -2.76. The van der Waals surface area contributed by atoms with Crippen molar-refractivity contribution in [2.45, 2.75) is 38.7 Å². The van der Waals surface area contributed by atoms with Crippen LogP contribution in [0.25, 0.3) is 11.1 Å². The predicted octanol–water partition coefficient (Wildman–Crippen LogP) is 6.08. The summed E-state index contributed by atoms with van der Waals surface area (Å²) >= 11 is 6.49. The molecular weight excluding hydrogens is 625 g/mol. The molecule has 1 aliphatic heterocycles. The summed E-state index contributed by atoms with van der Waals surface area (Å²) in [5, 5.41) is 20.8. The minimum absolute atomic E-state index is 0.179. The molecule has 0 saturated carbocycles. The molecule has 0 spiro atoms. The molecule has 0 radical (unpaired) electrons. The van der Waals surface area contributed by atoms with E-state index in [1.165, 1.54) is 4.68 Å². The number of hydrogen-bond acceptors (Lipinski definition) is 6. The lowest BCUT2D eigenvalue weighted by molar-refractivity contribution is -0.192. The quantitative estimate of drug-likeness (QED) is 0.198. The second kappa shape index (κ2) is 14.9. The largest absolute Gasteiger partial charge is 0.490 e. The average molecular weight is 657 g/mol. The van der Waals surface area contributed by atoms with Gasteiger partial charge in [0.15, 0.2) is 0 Å². The van der Waals surface area contributed by atoms with Crippen LogP contribution in [-0.2, 0) is 11.3 Å². The number of carbonyl (C=O) groups is 2. The van der Waals surface area contributed by atoms with Crippen LogP contribution in [0.3, 0.4) is 0 Å². The SMILES string of the molecule is CC1CN(c2cnn(Cc3ccc(NC(=O)Nc4ccc(-c5ccccc5)cc4)cc3)c(=O)c2Cl)CC(C)N1.O=C(O)C(F)(F)F. The minimum Gasteiger partial charge on any atom is -0.475 e. The number of nitrogens with zero attached hydrogens (tertiary/aromatic N) is 3. The van der Waals surface area contributed by atoms with Gasteiger partial charge in [0.25, 0.3) is 5.56 Å². The number of benzene rings is 3. The van der Waals surface area contributed by atoms with Gasteiger partial charge in [0.2, 0.25) is 0 Å². The molecule has 5 rings (SSSR count). The Hall–Kier alpha value is -4.88. The highest BCUT2D eigenvalue weighted by Crippen LogP contribution is 2.24. The number of hydrogen-bond donors (Lipinski definition) is 4. The van der Waals surface area contributed by atoms with E-state index in [4.69, 9.17) is 21.5 Å². The van der Waals surface area contributed by atoms with E-state index in [2.05, 4.69) is 39.8 Å². The Bertz CT molecular complexity index is 1690. The zero-order chi connectivity index (χ0) is 33.4. The van der Waals surface area contributed by atoms with Crippen LogP contribution < -0.4 is 26.4 Å². The summed E-state index contributed by atoms with van der Waals surface area (Å²) in [6.07, 6.45) is -3.42. The van der Waals surface area contributed by atoms with Gasteiger partial charge in [-0.3, -0.25) is 4.79 Å². The molecule has 0 bridgehead atoms. The van der Waals surface area contributed by atoms with Gasteiger partial charge >= 0.3 is 18.2 Å². The van der Waals surface area contributed by atoms with Gasteiger partial charge in [-0.05, 0) is 54.8 Å². The summed E-state index contributed by atoms with van der Waals surface area (Å²) < 4.78 is 33.1. The molecule has 14 heteroatoms. The summed E-state index contributed by atoms with van der Waals surface area (Å²) in [6.45, 7) is 6.01. The van der Waals surface area contributed by atoms with Crippen LogP contribution >= 0.6 is 11.6 Å². The molecule has 4 aromatic rings. The highest BCUT2D eigenvalue weighted by Gasteiger charge is 2.38. The third kappa shape index (κ3) is 9.31. The number of carbonyl (C=O) groups excluding carboxylic acids is 1. The first-order valence-corrected chi connectivity index (χ1v) is 14.6. The average Bonchev–Trinajstić information content (AvgIpc) is 3.00. The summed E-state index contributed by atoms with van der Waals surface area (Å²) in [6, 6.07) is 25.3. The van der Waals surface area contributed by atoms with E-state index in [1.807, 2.05) is 66.7 Å². The molecule has 1 aliphatic rings. The molecule has 1 saturated heterocycles. The van der Waals surface area contributed by atoms with Crippen molar-refractivity contribution in [3.8, 4) is 11.1 Å². The number of aromatic nitrogens is 2. The third-order valence-electron chi connectivity index (χ3n) is 6.90. The molecule has 242 valence electrons. The van der Waals surface area contributed by atoms with Crippen molar-refractivity contribution in [2.24, 2.45) is 0 Å². The fourth-order valence-corrected chi connectivity index (χ4v) is 5.12. The van der Waals surface area contributed by atoms with Gasteiger partial charge in [0.1, 0.15) is 5.02 Å². The Morgan fingerprint density at radius 3 is 1.93 bits per heavy atom. The van der Waals surface area contributed by atoms with Gasteiger partial charge in [-0.15, -0.1) is 0 Å². The first kappa shape index (κ1) is 34.0. The van der Waals surface area contributed by atoms with Crippen LogP contribution in [0.4, 0.5) is 35.0 Å². The number of piperazine rings is 1. The molecule has 3 aromatic carbocycles. The lowest BCUT2D eigenvalue weighted by Gasteiger charge is -2.37. The van der Waals surface area contributed by atoms with Gasteiger partial charge in [-0.25, -0.2) is 14.3 Å². The van der Waals surface area contributed by atoms with E-state index in [9.17, 15) is 22.8 Å². The van der Waals surface area contributed by atoms with Crippen LogP contribution in [0, 0.1) is 0 Å². The van der Waals surface area contributed by atoms with E-state index < -0.39 is 12.1 Å². The maximum absolute atomic E-state index is 12.9. The number of urea groups is 1. The van der Waals surface area contributed by atoms with Crippen molar-refractivity contribution in [3.63, 3.8) is 0 Å². The van der Waals surface area contributed by atoms with Crippen molar-refractivity contribution < 1.29 is 27.9 Å². The van der Waals surface area contributed by atoms with E-state index in [0.717, 1.165) is 29.8 Å². The zero-order valence-electron chi connectivity index (χ0n) is 24.9. The van der Waals surface area contributed by atoms with Crippen LogP contribution in [0.15, 0.2) is 89.9 Å². The van der Waals surface area contributed by atoms with E-state index >= 15 is 0 Å². The predicted molar refractivity (Wildman–Crippen MR) is 172 cm³/mol. The van der Waals surface area contributed by atoms with Gasteiger partial charge in [0, 0.05) is 36.5 Å². The molecule has 1 fully saturated rings. The highest BCUT2D eigenvalue weighted by molar-refractivity contribution is 6.33. The molecule has 2 unspecified atom stereocenters. The van der Waals surface area contributed by atoms with E-state index in [-0.39, 0.29) is 23.2 Å². The van der Waals surface area contributed by atoms with E-state index in [0.29, 0.717) is 29.1 Å². The molecule has 2 amide bonds. The first-order chi connectivity index (χ1) is 21.8. The second-order valence-electron chi connectivity index (χ2n) is 10.7. The van der Waals surface area contributed by atoms with Gasteiger partial charge in [-0.1, -0.05) is 66.2 Å². The second-order valence-corrected chi connectivity index (χ2v) is 11.1. The maximum atomic E-state index is 12.9. The highest BCUT2D eigenvalue weighted by atomic mass is 35.5. The number of carboxylic acids is 1. The van der Waals surface area contributed by atoms with Crippen molar-refractivity contribution >= 4 is 40.7 Å². The Balaban J connectivity index is 0.000000617.